The van der Waals surface area contributed by atoms with Crippen molar-refractivity contribution in [3.8, 4) is 5.75 Å². The molecule has 1 aliphatic heterocycles. The first kappa shape index (κ1) is 15.3. The van der Waals surface area contributed by atoms with E-state index >= 15 is 0 Å². The van der Waals surface area contributed by atoms with Crippen LogP contribution in [0.2, 0.25) is 0 Å². The van der Waals surface area contributed by atoms with Crippen LogP contribution in [0, 0.1) is 5.92 Å². The molecule has 4 nitrogen and oxygen atoms in total. The molecule has 3 unspecified atom stereocenters. The topological polar surface area (TPSA) is 58.7 Å². The summed E-state index contributed by atoms with van der Waals surface area (Å²) in [6.07, 6.45) is 1.92. The van der Waals surface area contributed by atoms with Crippen molar-refractivity contribution in [2.24, 2.45) is 11.7 Å². The van der Waals surface area contributed by atoms with Crippen LogP contribution in [0.5, 0.6) is 5.75 Å². The van der Waals surface area contributed by atoms with Crippen LogP contribution in [-0.4, -0.2) is 42.8 Å². The lowest BCUT2D eigenvalue weighted by atomic mass is 9.90. The minimum Gasteiger partial charge on any atom is -0.497 e. The predicted octanol–water partition coefficient (Wildman–Crippen LogP) is 1.79. The minimum atomic E-state index is -0.496. The number of benzene rings is 1. The summed E-state index contributed by atoms with van der Waals surface area (Å²) in [5.74, 6) is 1.38. The van der Waals surface area contributed by atoms with Crippen molar-refractivity contribution in [1.29, 1.82) is 0 Å². The highest BCUT2D eigenvalue weighted by Gasteiger charge is 2.28. The molecule has 3 atom stereocenters. The average molecular weight is 278 g/mol. The Bertz CT molecular complexity index is 425. The zero-order chi connectivity index (χ0) is 14.5. The Kier molecular flexibility index (Phi) is 5.40. The lowest BCUT2D eigenvalue weighted by molar-refractivity contribution is 0.0471. The van der Waals surface area contributed by atoms with Gasteiger partial charge >= 0.3 is 0 Å². The first-order valence-electron chi connectivity index (χ1n) is 7.41. The van der Waals surface area contributed by atoms with Crippen molar-refractivity contribution < 1.29 is 9.84 Å². The second-order valence-corrected chi connectivity index (χ2v) is 5.71. The van der Waals surface area contributed by atoms with E-state index in [4.69, 9.17) is 10.5 Å². The number of rotatable bonds is 5. The molecular formula is C16H26N2O2. The van der Waals surface area contributed by atoms with E-state index in [-0.39, 0.29) is 0 Å². The summed E-state index contributed by atoms with van der Waals surface area (Å²) in [7, 11) is 1.64. The van der Waals surface area contributed by atoms with Gasteiger partial charge in [0.05, 0.1) is 13.2 Å². The van der Waals surface area contributed by atoms with Crippen LogP contribution in [0.1, 0.15) is 31.4 Å². The Morgan fingerprint density at radius 3 is 3.00 bits per heavy atom. The summed E-state index contributed by atoms with van der Waals surface area (Å²) in [5, 5.41) is 10.5. The molecule has 0 spiro atoms. The highest BCUT2D eigenvalue weighted by Crippen LogP contribution is 2.26. The number of piperidine rings is 1. The molecule has 1 saturated heterocycles. The SMILES string of the molecule is COc1cccc(C(O)CN2CCCC(C)C2CN)c1. The van der Waals surface area contributed by atoms with Crippen molar-refractivity contribution >= 4 is 0 Å². The van der Waals surface area contributed by atoms with Crippen LogP contribution in [0.3, 0.4) is 0 Å². The molecule has 0 radical (unpaired) electrons. The summed E-state index contributed by atoms with van der Waals surface area (Å²) in [6.45, 7) is 4.57. The van der Waals surface area contributed by atoms with Crippen molar-refractivity contribution in [2.45, 2.75) is 31.9 Å². The number of aliphatic hydroxyl groups excluding tert-OH is 1. The monoisotopic (exact) mass is 278 g/mol. The maximum atomic E-state index is 10.5. The summed E-state index contributed by atoms with van der Waals surface area (Å²) < 4.78 is 5.21. The van der Waals surface area contributed by atoms with Gasteiger partial charge in [-0.3, -0.25) is 4.90 Å². The van der Waals surface area contributed by atoms with Crippen LogP contribution in [-0.2, 0) is 0 Å². The Morgan fingerprint density at radius 1 is 1.50 bits per heavy atom. The molecular weight excluding hydrogens is 252 g/mol. The van der Waals surface area contributed by atoms with E-state index in [9.17, 15) is 5.11 Å². The van der Waals surface area contributed by atoms with Gasteiger partial charge in [0, 0.05) is 19.1 Å². The maximum absolute atomic E-state index is 10.5. The van der Waals surface area contributed by atoms with E-state index in [1.54, 1.807) is 7.11 Å². The molecule has 2 rings (SSSR count). The van der Waals surface area contributed by atoms with Gasteiger partial charge in [-0.1, -0.05) is 19.1 Å². The van der Waals surface area contributed by atoms with Crippen LogP contribution in [0.4, 0.5) is 0 Å². The van der Waals surface area contributed by atoms with Crippen LogP contribution in [0.25, 0.3) is 0 Å². The Balaban J connectivity index is 2.03. The summed E-state index contributed by atoms with van der Waals surface area (Å²) in [5.41, 5.74) is 6.80. The van der Waals surface area contributed by atoms with Gasteiger partial charge in [0.15, 0.2) is 0 Å². The fourth-order valence-electron chi connectivity index (χ4n) is 3.12. The number of nitrogens with two attached hydrogens (primary N) is 1. The smallest absolute Gasteiger partial charge is 0.119 e. The van der Waals surface area contributed by atoms with E-state index in [1.165, 1.54) is 12.8 Å². The highest BCUT2D eigenvalue weighted by atomic mass is 16.5. The van der Waals surface area contributed by atoms with E-state index < -0.39 is 6.10 Å². The van der Waals surface area contributed by atoms with Crippen molar-refractivity contribution in [3.63, 3.8) is 0 Å². The van der Waals surface area contributed by atoms with Gasteiger partial charge in [0.1, 0.15) is 5.75 Å². The zero-order valence-electron chi connectivity index (χ0n) is 12.5. The fraction of sp³-hybridized carbons (Fsp3) is 0.625. The molecule has 0 amide bonds. The number of hydrogen-bond acceptors (Lipinski definition) is 4. The van der Waals surface area contributed by atoms with Gasteiger partial charge in [-0.2, -0.15) is 0 Å². The molecule has 3 N–H and O–H groups in total. The fourth-order valence-corrected chi connectivity index (χ4v) is 3.12. The molecule has 0 bridgehead atoms. The molecule has 0 aromatic heterocycles. The van der Waals surface area contributed by atoms with Crippen molar-refractivity contribution in [1.82, 2.24) is 4.90 Å². The predicted molar refractivity (Wildman–Crippen MR) is 80.8 cm³/mol. The molecule has 1 aromatic carbocycles. The Labute approximate surface area is 121 Å². The third kappa shape index (κ3) is 3.51. The van der Waals surface area contributed by atoms with Gasteiger partial charge in [0.25, 0.3) is 0 Å². The first-order chi connectivity index (χ1) is 9.65. The maximum Gasteiger partial charge on any atom is 0.119 e. The molecule has 1 aromatic rings. The molecule has 0 saturated carbocycles. The molecule has 1 aliphatic rings. The third-order valence-corrected chi connectivity index (χ3v) is 4.36. The number of nitrogens with zero attached hydrogens (tertiary/aromatic N) is 1. The van der Waals surface area contributed by atoms with Gasteiger partial charge in [0.2, 0.25) is 0 Å². The van der Waals surface area contributed by atoms with Crippen molar-refractivity contribution in [2.75, 3.05) is 26.7 Å². The number of hydrogen-bond donors (Lipinski definition) is 2. The van der Waals surface area contributed by atoms with E-state index in [2.05, 4.69) is 11.8 Å². The van der Waals surface area contributed by atoms with Gasteiger partial charge in [-0.05, 0) is 43.0 Å². The molecule has 112 valence electrons. The largest absolute Gasteiger partial charge is 0.497 e. The standard InChI is InChI=1S/C16H26N2O2/c1-12-5-4-8-18(15(12)10-17)11-16(19)13-6-3-7-14(9-13)20-2/h3,6-7,9,12,15-16,19H,4-5,8,10-11,17H2,1-2H3. The van der Waals surface area contributed by atoms with E-state index in [0.717, 1.165) is 17.9 Å². The first-order valence-corrected chi connectivity index (χ1v) is 7.41. The lowest BCUT2D eigenvalue weighted by Crippen LogP contribution is -2.49. The summed E-state index contributed by atoms with van der Waals surface area (Å²) in [4.78, 5) is 2.33. The number of ether oxygens (including phenoxy) is 1. The quantitative estimate of drug-likeness (QED) is 0.862. The number of aliphatic hydroxyl groups is 1. The molecule has 1 heterocycles. The molecule has 4 heteroatoms. The number of β-amino-alcohol motifs (C(OH)–C–C–N with tert-alkyl or cyclic N) is 1. The summed E-state index contributed by atoms with van der Waals surface area (Å²) in [6, 6.07) is 8.02. The van der Waals surface area contributed by atoms with E-state index in [1.807, 2.05) is 24.3 Å². The highest BCUT2D eigenvalue weighted by molar-refractivity contribution is 5.29. The van der Waals surface area contributed by atoms with Gasteiger partial charge in [-0.15, -0.1) is 0 Å². The zero-order valence-corrected chi connectivity index (χ0v) is 12.5. The normalized spacial score (nSPS) is 25.4. The average Bonchev–Trinajstić information content (AvgIpc) is 2.47. The van der Waals surface area contributed by atoms with Crippen molar-refractivity contribution in [3.05, 3.63) is 29.8 Å². The second kappa shape index (κ2) is 7.07. The van der Waals surface area contributed by atoms with Crippen LogP contribution < -0.4 is 10.5 Å². The number of methoxy groups -OCH3 is 1. The molecule has 1 fully saturated rings. The Morgan fingerprint density at radius 2 is 2.30 bits per heavy atom. The molecule has 20 heavy (non-hydrogen) atoms. The summed E-state index contributed by atoms with van der Waals surface area (Å²) >= 11 is 0. The van der Waals surface area contributed by atoms with E-state index in [0.29, 0.717) is 25.0 Å². The second-order valence-electron chi connectivity index (χ2n) is 5.71. The van der Waals surface area contributed by atoms with Crippen LogP contribution in [0.15, 0.2) is 24.3 Å². The minimum absolute atomic E-state index is 0.379. The van der Waals surface area contributed by atoms with Gasteiger partial charge in [-0.25, -0.2) is 0 Å². The van der Waals surface area contributed by atoms with Crippen LogP contribution >= 0.6 is 0 Å². The molecule has 0 aliphatic carbocycles. The number of likely N-dealkylation sites (tertiary alicyclic amines) is 1. The lowest BCUT2D eigenvalue weighted by Gasteiger charge is -2.40. The Hall–Kier alpha value is -1.10. The van der Waals surface area contributed by atoms with Gasteiger partial charge < -0.3 is 15.6 Å². The third-order valence-electron chi connectivity index (χ3n) is 4.36.